The fraction of sp³-hybridized carbons (Fsp3) is 0.704. The van der Waals surface area contributed by atoms with Gasteiger partial charge in [-0.1, -0.05) is 24.7 Å². The van der Waals surface area contributed by atoms with Crippen LogP contribution in [0.25, 0.3) is 0 Å². The first-order valence-corrected chi connectivity index (χ1v) is 11.9. The Kier molecular flexibility index (Phi) is 34.0. The Hall–Kier alpha value is -2.24. The molecule has 10 N–H and O–H groups in total. The molecule has 0 fully saturated rings. The topological polar surface area (TPSA) is 199 Å². The second-order valence-electron chi connectivity index (χ2n) is 8.02. The molecule has 0 aliphatic heterocycles. The molecule has 0 aromatic rings. The quantitative estimate of drug-likeness (QED) is 0.0630. The third kappa shape index (κ3) is 24.5. The molecule has 0 aliphatic carbocycles. The van der Waals surface area contributed by atoms with Gasteiger partial charge >= 0.3 is 0 Å². The van der Waals surface area contributed by atoms with E-state index < -0.39 is 36.4 Å². The highest BCUT2D eigenvalue weighted by Gasteiger charge is 2.29. The van der Waals surface area contributed by atoms with Crippen molar-refractivity contribution in [1.29, 1.82) is 0 Å². The number of nitrogens with two attached hydrogens (primary N) is 1. The molecular formula is C27H49N3O9. The lowest BCUT2D eigenvalue weighted by atomic mass is 10.0. The second kappa shape index (κ2) is 30.3. The van der Waals surface area contributed by atoms with E-state index in [1.165, 1.54) is 0 Å². The molecular weight excluding hydrogens is 510 g/mol. The van der Waals surface area contributed by atoms with Crippen molar-refractivity contribution in [2.45, 2.75) is 30.0 Å². The van der Waals surface area contributed by atoms with Crippen LogP contribution in [0.3, 0.4) is 0 Å². The number of aliphatic hydroxyl groups is 6. The number of ether oxygens (including phenoxy) is 3. The Morgan fingerprint density at radius 2 is 0.872 bits per heavy atom. The molecule has 0 bridgehead atoms. The van der Waals surface area contributed by atoms with E-state index in [0.29, 0.717) is 19.8 Å². The third-order valence-electron chi connectivity index (χ3n) is 4.81. The molecule has 0 amide bonds. The van der Waals surface area contributed by atoms with Crippen molar-refractivity contribution in [3.8, 4) is 49.4 Å². The van der Waals surface area contributed by atoms with E-state index in [4.69, 9.17) is 76.3 Å². The van der Waals surface area contributed by atoms with Crippen LogP contribution in [0.5, 0.6) is 0 Å². The van der Waals surface area contributed by atoms with Crippen LogP contribution in [0, 0.1) is 49.4 Å². The smallest absolute Gasteiger partial charge is 0.107 e. The minimum atomic E-state index is -1.21. The van der Waals surface area contributed by atoms with Gasteiger partial charge in [-0.15, -0.1) is 31.6 Å². The van der Waals surface area contributed by atoms with E-state index in [9.17, 15) is 0 Å². The molecule has 0 unspecified atom stereocenters. The van der Waals surface area contributed by atoms with Gasteiger partial charge in [0.1, 0.15) is 19.8 Å². The van der Waals surface area contributed by atoms with Crippen molar-refractivity contribution in [3.05, 3.63) is 0 Å². The van der Waals surface area contributed by atoms with Crippen LogP contribution >= 0.6 is 0 Å². The highest BCUT2D eigenvalue weighted by Crippen LogP contribution is 2.08. The average molecular weight is 560 g/mol. The molecule has 0 radical (unpaired) electrons. The highest BCUT2D eigenvalue weighted by atomic mass is 16.5. The SMILES string of the molecule is C#CCC.C#CCOCC(COCC#C)(COCC#C)NC.CNC(CO)(CO)CO.NC(CO)(CO)CO. The molecule has 12 nitrogen and oxygen atoms in total. The molecule has 39 heavy (non-hydrogen) atoms. The van der Waals surface area contributed by atoms with Gasteiger partial charge in [0.15, 0.2) is 0 Å². The monoisotopic (exact) mass is 559 g/mol. The number of nitrogens with one attached hydrogen (secondary N) is 2. The standard InChI is InChI=1S/C14H19NO3.C5H13NO3.C4H11NO3.C4H6/c1-5-8-16-11-14(15-4,12-17-9-6-2)13-18-10-7-3;1-6-5(2-7,3-8)4-9;5-4(1-6,2-7)3-8;1-3-4-2/h1-3,15H,8-13H2,4H3;6-9H,2-4H2,1H3;6-8H,1-3,5H2;1H,4H2,2H3. The molecule has 0 aliphatic rings. The third-order valence-corrected chi connectivity index (χ3v) is 4.81. The van der Waals surface area contributed by atoms with E-state index in [-0.39, 0.29) is 39.6 Å². The number of hydrogen-bond acceptors (Lipinski definition) is 12. The number of aliphatic hydroxyl groups excluding tert-OH is 6. The molecule has 0 atom stereocenters. The van der Waals surface area contributed by atoms with Crippen LogP contribution in [0.2, 0.25) is 0 Å². The summed E-state index contributed by atoms with van der Waals surface area (Å²) in [5.74, 6) is 9.64. The van der Waals surface area contributed by atoms with Gasteiger partial charge in [0.05, 0.1) is 76.1 Å². The summed E-state index contributed by atoms with van der Waals surface area (Å²) >= 11 is 0. The van der Waals surface area contributed by atoms with Gasteiger partial charge in [-0.05, 0) is 14.1 Å². The summed E-state index contributed by atoms with van der Waals surface area (Å²) in [5.41, 5.74) is 2.51. The van der Waals surface area contributed by atoms with E-state index in [1.807, 2.05) is 6.92 Å². The van der Waals surface area contributed by atoms with Crippen LogP contribution in [-0.2, 0) is 14.2 Å². The molecule has 0 rings (SSSR count). The first kappa shape index (κ1) is 43.8. The lowest BCUT2D eigenvalue weighted by Crippen LogP contribution is -2.55. The first-order chi connectivity index (χ1) is 18.6. The molecule has 0 saturated heterocycles. The minimum Gasteiger partial charge on any atom is -0.394 e. The number of rotatable bonds is 17. The van der Waals surface area contributed by atoms with E-state index in [0.717, 1.165) is 6.42 Å². The van der Waals surface area contributed by atoms with Crippen LogP contribution in [0.15, 0.2) is 0 Å². The normalized spacial score (nSPS) is 10.5. The van der Waals surface area contributed by atoms with Crippen LogP contribution in [0.4, 0.5) is 0 Å². The fourth-order valence-corrected chi connectivity index (χ4v) is 1.79. The lowest BCUT2D eigenvalue weighted by Gasteiger charge is -2.32. The van der Waals surface area contributed by atoms with Crippen molar-refractivity contribution >= 4 is 0 Å². The maximum atomic E-state index is 8.59. The fourth-order valence-electron chi connectivity index (χ4n) is 1.79. The van der Waals surface area contributed by atoms with Gasteiger partial charge in [0.25, 0.3) is 0 Å². The van der Waals surface area contributed by atoms with Gasteiger partial charge in [-0.3, -0.25) is 0 Å². The summed E-state index contributed by atoms with van der Waals surface area (Å²) in [7, 11) is 3.36. The van der Waals surface area contributed by atoms with Crippen molar-refractivity contribution < 1.29 is 44.8 Å². The Labute approximate surface area is 234 Å². The highest BCUT2D eigenvalue weighted by molar-refractivity contribution is 4.92. The molecule has 226 valence electrons. The molecule has 0 saturated carbocycles. The predicted octanol–water partition coefficient (Wildman–Crippen LogP) is -3.49. The Bertz CT molecular complexity index is 625. The number of likely N-dealkylation sites (N-methyl/N-ethyl adjacent to an activating group) is 2. The van der Waals surface area contributed by atoms with Gasteiger partial charge in [-0.25, -0.2) is 0 Å². The molecule has 0 heterocycles. The van der Waals surface area contributed by atoms with Gasteiger partial charge in [0, 0.05) is 6.42 Å². The summed E-state index contributed by atoms with van der Waals surface area (Å²) in [6.07, 6.45) is 21.0. The average Bonchev–Trinajstić information content (AvgIpc) is 2.99. The largest absolute Gasteiger partial charge is 0.394 e. The molecule has 12 heteroatoms. The van der Waals surface area contributed by atoms with Gasteiger partial charge < -0.3 is 61.2 Å². The number of hydrogen-bond donors (Lipinski definition) is 9. The van der Waals surface area contributed by atoms with Gasteiger partial charge in [0.2, 0.25) is 0 Å². The van der Waals surface area contributed by atoms with E-state index in [2.05, 4.69) is 34.3 Å². The zero-order valence-electron chi connectivity index (χ0n) is 23.5. The molecule has 0 aromatic carbocycles. The second-order valence-corrected chi connectivity index (χ2v) is 8.02. The van der Waals surface area contributed by atoms with Gasteiger partial charge in [-0.2, -0.15) is 0 Å². The van der Waals surface area contributed by atoms with E-state index in [1.54, 1.807) is 14.1 Å². The zero-order valence-corrected chi connectivity index (χ0v) is 23.5. The van der Waals surface area contributed by atoms with Crippen molar-refractivity contribution in [2.24, 2.45) is 5.73 Å². The lowest BCUT2D eigenvalue weighted by molar-refractivity contribution is -0.0195. The van der Waals surface area contributed by atoms with E-state index >= 15 is 0 Å². The number of terminal acetylenes is 4. The summed E-state index contributed by atoms with van der Waals surface area (Å²) in [5, 5.41) is 56.5. The maximum Gasteiger partial charge on any atom is 0.107 e. The maximum absolute atomic E-state index is 8.59. The predicted molar refractivity (Wildman–Crippen MR) is 151 cm³/mol. The van der Waals surface area contributed by atoms with Crippen LogP contribution < -0.4 is 16.4 Å². The van der Waals surface area contributed by atoms with Crippen LogP contribution in [-0.4, -0.2) is 141 Å². The summed E-state index contributed by atoms with van der Waals surface area (Å²) in [6.45, 7) is 1.67. The van der Waals surface area contributed by atoms with Crippen molar-refractivity contribution in [3.63, 3.8) is 0 Å². The van der Waals surface area contributed by atoms with Crippen molar-refractivity contribution in [1.82, 2.24) is 10.6 Å². The van der Waals surface area contributed by atoms with Crippen LogP contribution in [0.1, 0.15) is 13.3 Å². The molecule has 0 spiro atoms. The summed E-state index contributed by atoms with van der Waals surface area (Å²) in [4.78, 5) is 0. The summed E-state index contributed by atoms with van der Waals surface area (Å²) in [6, 6.07) is 0. The Morgan fingerprint density at radius 1 is 0.590 bits per heavy atom. The minimum absolute atomic E-state index is 0.230. The Balaban J connectivity index is -0.000000243. The molecule has 0 aromatic heterocycles. The zero-order chi connectivity index (χ0) is 31.1. The first-order valence-electron chi connectivity index (χ1n) is 11.9. The summed E-state index contributed by atoms with van der Waals surface area (Å²) < 4.78 is 16.0. The Morgan fingerprint density at radius 3 is 0.974 bits per heavy atom. The van der Waals surface area contributed by atoms with Crippen molar-refractivity contribution in [2.75, 3.05) is 93.4 Å².